The zero-order valence-corrected chi connectivity index (χ0v) is 19.6. The van der Waals surface area contributed by atoms with Gasteiger partial charge in [-0.15, -0.1) is 11.3 Å². The highest BCUT2D eigenvalue weighted by Crippen LogP contribution is 2.31. The molecule has 0 atom stereocenters. The molecule has 4 nitrogen and oxygen atoms in total. The number of hydrogen-bond donors (Lipinski definition) is 0. The fourth-order valence-electron chi connectivity index (χ4n) is 4.12. The normalized spacial score (nSPS) is 15.3. The van der Waals surface area contributed by atoms with E-state index in [2.05, 4.69) is 36.1 Å². The molecular weight excluding hydrogens is 450 g/mol. The molecule has 8 heteroatoms. The number of aryl methyl sites for hydroxylation is 1. The Bertz CT molecular complexity index is 1150. The van der Waals surface area contributed by atoms with Crippen molar-refractivity contribution in [1.82, 2.24) is 4.98 Å². The molecule has 1 aliphatic heterocycles. The summed E-state index contributed by atoms with van der Waals surface area (Å²) in [5.74, 6) is -2.06. The van der Waals surface area contributed by atoms with E-state index in [1.165, 1.54) is 17.2 Å². The lowest BCUT2D eigenvalue weighted by Crippen LogP contribution is -2.39. The van der Waals surface area contributed by atoms with Crippen LogP contribution in [0.3, 0.4) is 0 Å². The Morgan fingerprint density at radius 2 is 1.66 bits per heavy atom. The van der Waals surface area contributed by atoms with Crippen LogP contribution in [-0.2, 0) is 22.7 Å². The van der Waals surface area contributed by atoms with Crippen LogP contribution in [0.5, 0.6) is 0 Å². The van der Waals surface area contributed by atoms with Gasteiger partial charge in [-0.2, -0.15) is 0 Å². The number of piperidine rings is 1. The van der Waals surface area contributed by atoms with Gasteiger partial charge in [0.1, 0.15) is 16.5 Å². The molecule has 0 N–H and O–H groups in total. The van der Waals surface area contributed by atoms with Gasteiger partial charge in [-0.1, -0.05) is 43.7 Å². The van der Waals surface area contributed by atoms with Gasteiger partial charge in [-0.25, -0.2) is 22.2 Å². The summed E-state index contributed by atoms with van der Waals surface area (Å²) in [6.07, 6.45) is 3.58. The maximum absolute atomic E-state index is 14.0. The third-order valence-electron chi connectivity index (χ3n) is 5.84. The number of anilines is 1. The fourth-order valence-corrected chi connectivity index (χ4v) is 6.85. The molecule has 0 saturated carbocycles. The summed E-state index contributed by atoms with van der Waals surface area (Å²) in [6.45, 7) is 3.14. The van der Waals surface area contributed by atoms with Crippen LogP contribution in [0.4, 0.5) is 13.9 Å². The Labute approximate surface area is 191 Å². The highest BCUT2D eigenvalue weighted by Gasteiger charge is 2.35. The van der Waals surface area contributed by atoms with Gasteiger partial charge in [0.2, 0.25) is 0 Å². The standard InChI is InChI=1S/C24H26F2N2O2S2/c1-2-4-17-7-9-18(10-8-17)15-19-16-31-24(27-19)28-13-11-20(12-14-28)32(29,30)23-21(25)5-3-6-22(23)26/h3,5-10,16,20H,2,4,11-15H2,1H3. The molecule has 2 heterocycles. The topological polar surface area (TPSA) is 50.3 Å². The predicted octanol–water partition coefficient (Wildman–Crippen LogP) is 5.41. The molecule has 1 aromatic heterocycles. The number of benzene rings is 2. The molecule has 1 saturated heterocycles. The number of thiazole rings is 1. The average Bonchev–Trinajstić information content (AvgIpc) is 3.24. The van der Waals surface area contributed by atoms with Crippen LogP contribution in [0, 0.1) is 11.6 Å². The van der Waals surface area contributed by atoms with Gasteiger partial charge in [0, 0.05) is 24.9 Å². The van der Waals surface area contributed by atoms with E-state index in [-0.39, 0.29) is 0 Å². The minimum Gasteiger partial charge on any atom is -0.348 e. The van der Waals surface area contributed by atoms with Crippen molar-refractivity contribution in [3.8, 4) is 0 Å². The van der Waals surface area contributed by atoms with Crippen molar-refractivity contribution in [2.24, 2.45) is 0 Å². The summed E-state index contributed by atoms with van der Waals surface area (Å²) >= 11 is 1.54. The number of halogens is 2. The van der Waals surface area contributed by atoms with Crippen molar-refractivity contribution in [3.05, 3.63) is 76.3 Å². The molecule has 0 unspecified atom stereocenters. The average molecular weight is 477 g/mol. The van der Waals surface area contributed by atoms with E-state index in [9.17, 15) is 17.2 Å². The molecule has 32 heavy (non-hydrogen) atoms. The first kappa shape index (κ1) is 22.9. The molecule has 0 amide bonds. The Morgan fingerprint density at radius 1 is 1.03 bits per heavy atom. The Balaban J connectivity index is 1.39. The first-order chi connectivity index (χ1) is 15.4. The smallest absolute Gasteiger partial charge is 0.187 e. The van der Waals surface area contributed by atoms with Crippen molar-refractivity contribution in [3.63, 3.8) is 0 Å². The first-order valence-electron chi connectivity index (χ1n) is 10.8. The lowest BCUT2D eigenvalue weighted by Gasteiger charge is -2.31. The largest absolute Gasteiger partial charge is 0.348 e. The van der Waals surface area contributed by atoms with Gasteiger partial charge < -0.3 is 4.90 Å². The van der Waals surface area contributed by atoms with Gasteiger partial charge in [0.05, 0.1) is 10.9 Å². The van der Waals surface area contributed by atoms with Crippen LogP contribution in [0.2, 0.25) is 0 Å². The first-order valence-corrected chi connectivity index (χ1v) is 13.3. The quantitative estimate of drug-likeness (QED) is 0.458. The Morgan fingerprint density at radius 3 is 2.28 bits per heavy atom. The van der Waals surface area contributed by atoms with Crippen molar-refractivity contribution in [2.75, 3.05) is 18.0 Å². The summed E-state index contributed by atoms with van der Waals surface area (Å²) in [5.41, 5.74) is 3.53. The number of rotatable bonds is 7. The molecule has 1 aliphatic rings. The van der Waals surface area contributed by atoms with Gasteiger partial charge in [0.25, 0.3) is 0 Å². The second kappa shape index (κ2) is 9.67. The molecule has 0 bridgehead atoms. The SMILES string of the molecule is CCCc1ccc(Cc2csc(N3CCC(S(=O)(=O)c4c(F)cccc4F)CC3)n2)cc1. The summed E-state index contributed by atoms with van der Waals surface area (Å²) in [5, 5.41) is 2.09. The maximum atomic E-state index is 14.0. The molecular formula is C24H26F2N2O2S2. The Hall–Kier alpha value is -2.32. The number of hydrogen-bond acceptors (Lipinski definition) is 5. The predicted molar refractivity (Wildman–Crippen MR) is 124 cm³/mol. The van der Waals surface area contributed by atoms with Gasteiger partial charge >= 0.3 is 0 Å². The summed E-state index contributed by atoms with van der Waals surface area (Å²) in [4.78, 5) is 5.99. The molecule has 3 aromatic rings. The third kappa shape index (κ3) is 4.86. The second-order valence-corrected chi connectivity index (χ2v) is 11.1. The van der Waals surface area contributed by atoms with E-state index in [0.717, 1.165) is 42.2 Å². The highest BCUT2D eigenvalue weighted by molar-refractivity contribution is 7.92. The van der Waals surface area contributed by atoms with E-state index < -0.39 is 31.6 Å². The van der Waals surface area contributed by atoms with Crippen LogP contribution < -0.4 is 4.90 Å². The minimum absolute atomic E-state index is 0.309. The second-order valence-electron chi connectivity index (χ2n) is 8.15. The number of nitrogens with zero attached hydrogens (tertiary/aromatic N) is 2. The van der Waals surface area contributed by atoms with E-state index in [1.807, 2.05) is 5.38 Å². The molecule has 0 radical (unpaired) electrons. The molecule has 4 rings (SSSR count). The zero-order valence-electron chi connectivity index (χ0n) is 17.9. The monoisotopic (exact) mass is 476 g/mol. The van der Waals surface area contributed by atoms with Crippen LogP contribution in [-0.4, -0.2) is 31.7 Å². The lowest BCUT2D eigenvalue weighted by molar-refractivity contribution is 0.497. The van der Waals surface area contributed by atoms with Crippen LogP contribution in [0.25, 0.3) is 0 Å². The van der Waals surface area contributed by atoms with Gasteiger partial charge in [0.15, 0.2) is 15.0 Å². The third-order valence-corrected chi connectivity index (χ3v) is 9.10. The van der Waals surface area contributed by atoms with Gasteiger partial charge in [-0.05, 0) is 42.5 Å². The summed E-state index contributed by atoms with van der Waals surface area (Å²) in [7, 11) is -4.07. The maximum Gasteiger partial charge on any atom is 0.187 e. The molecule has 0 aliphatic carbocycles. The fraction of sp³-hybridized carbons (Fsp3) is 0.375. The highest BCUT2D eigenvalue weighted by atomic mass is 32.2. The summed E-state index contributed by atoms with van der Waals surface area (Å²) < 4.78 is 53.8. The van der Waals surface area contributed by atoms with E-state index >= 15 is 0 Å². The molecule has 170 valence electrons. The summed E-state index contributed by atoms with van der Waals surface area (Å²) in [6, 6.07) is 11.8. The van der Waals surface area contributed by atoms with Crippen molar-refractivity contribution < 1.29 is 17.2 Å². The zero-order chi connectivity index (χ0) is 22.7. The Kier molecular flexibility index (Phi) is 6.90. The van der Waals surface area contributed by atoms with Crippen molar-refractivity contribution in [1.29, 1.82) is 0 Å². The van der Waals surface area contributed by atoms with E-state index in [1.54, 1.807) is 11.3 Å². The number of aromatic nitrogens is 1. The van der Waals surface area contributed by atoms with Crippen LogP contribution >= 0.6 is 11.3 Å². The van der Waals surface area contributed by atoms with Crippen molar-refractivity contribution in [2.45, 2.75) is 49.2 Å². The minimum atomic E-state index is -4.07. The van der Waals surface area contributed by atoms with E-state index in [4.69, 9.17) is 4.98 Å². The molecule has 0 spiro atoms. The molecule has 2 aromatic carbocycles. The van der Waals surface area contributed by atoms with Crippen LogP contribution in [0.15, 0.2) is 52.7 Å². The lowest BCUT2D eigenvalue weighted by atomic mass is 10.1. The van der Waals surface area contributed by atoms with Gasteiger partial charge in [-0.3, -0.25) is 0 Å². The number of sulfone groups is 1. The van der Waals surface area contributed by atoms with Crippen LogP contribution in [0.1, 0.15) is 43.0 Å². The van der Waals surface area contributed by atoms with E-state index in [0.29, 0.717) is 25.9 Å². The van der Waals surface area contributed by atoms with Crippen molar-refractivity contribution >= 4 is 26.3 Å². The molecule has 1 fully saturated rings.